The monoisotopic (exact) mass is 264 g/mol. The quantitative estimate of drug-likeness (QED) is 0.328. The second-order valence-electron chi connectivity index (χ2n) is 4.87. The summed E-state index contributed by atoms with van der Waals surface area (Å²) in [6.45, 7) is 7.03. The molecule has 5 heteroatoms. The number of hydrogen-bond acceptors (Lipinski definition) is 3. The van der Waals surface area contributed by atoms with Crippen LogP contribution in [0.2, 0.25) is 0 Å². The topological polar surface area (TPSA) is 71.7 Å². The lowest BCUT2D eigenvalue weighted by Crippen LogP contribution is -2.42. The van der Waals surface area contributed by atoms with E-state index in [4.69, 9.17) is 10.6 Å². The van der Waals surface area contributed by atoms with Crippen molar-refractivity contribution in [1.82, 2.24) is 10.7 Å². The summed E-state index contributed by atoms with van der Waals surface area (Å²) in [5.41, 5.74) is 3.74. The number of guanidine groups is 1. The van der Waals surface area contributed by atoms with Crippen LogP contribution in [0.5, 0.6) is 5.75 Å². The molecule has 0 radical (unpaired) electrons. The van der Waals surface area contributed by atoms with E-state index in [1.165, 1.54) is 0 Å². The summed E-state index contributed by atoms with van der Waals surface area (Å²) in [6.07, 6.45) is 0. The molecule has 1 atom stereocenters. The smallest absolute Gasteiger partial charge is 0.206 e. The van der Waals surface area contributed by atoms with Gasteiger partial charge in [0.2, 0.25) is 5.96 Å². The van der Waals surface area contributed by atoms with E-state index >= 15 is 0 Å². The van der Waals surface area contributed by atoms with Crippen molar-refractivity contribution in [2.75, 3.05) is 13.7 Å². The molecule has 0 saturated carbocycles. The van der Waals surface area contributed by atoms with Crippen LogP contribution in [0, 0.1) is 5.92 Å². The van der Waals surface area contributed by atoms with Crippen LogP contribution in [-0.4, -0.2) is 19.6 Å². The molecule has 0 aliphatic rings. The molecule has 4 N–H and O–H groups in total. The minimum absolute atomic E-state index is 0.118. The van der Waals surface area contributed by atoms with Crippen molar-refractivity contribution < 1.29 is 4.74 Å². The van der Waals surface area contributed by atoms with Gasteiger partial charge in [-0.2, -0.15) is 0 Å². The fourth-order valence-corrected chi connectivity index (χ4v) is 1.59. The Morgan fingerprint density at radius 1 is 1.26 bits per heavy atom. The average Bonchev–Trinajstić information content (AvgIpc) is 2.43. The van der Waals surface area contributed by atoms with Crippen LogP contribution in [0.3, 0.4) is 0 Å². The molecule has 0 aromatic heterocycles. The highest BCUT2D eigenvalue weighted by Crippen LogP contribution is 2.16. The first-order valence-corrected chi connectivity index (χ1v) is 6.48. The molecule has 0 bridgehead atoms. The molecule has 1 aromatic carbocycles. The molecule has 5 nitrogen and oxygen atoms in total. The number of nitrogens with two attached hydrogens (primary N) is 1. The standard InChI is InChI=1S/C14H24N4O/c1-10(2)9-16-14(18-15)17-11(3)12-5-7-13(19-4)8-6-12/h5-8,10-11H,9,15H2,1-4H3,(H2,16,17,18). The van der Waals surface area contributed by atoms with Crippen LogP contribution in [0.25, 0.3) is 0 Å². The molecule has 0 fully saturated rings. The van der Waals surface area contributed by atoms with Gasteiger partial charge in [0.1, 0.15) is 5.75 Å². The molecule has 0 saturated heterocycles. The Labute approximate surface area is 115 Å². The summed E-state index contributed by atoms with van der Waals surface area (Å²) in [5.74, 6) is 7.43. The van der Waals surface area contributed by atoms with Crippen molar-refractivity contribution in [3.05, 3.63) is 29.8 Å². The van der Waals surface area contributed by atoms with Crippen LogP contribution in [0.1, 0.15) is 32.4 Å². The van der Waals surface area contributed by atoms with Crippen LogP contribution < -0.4 is 21.3 Å². The first-order valence-electron chi connectivity index (χ1n) is 6.48. The Hall–Kier alpha value is -1.75. The van der Waals surface area contributed by atoms with Gasteiger partial charge in [-0.25, -0.2) is 5.84 Å². The number of hydrazine groups is 1. The fraction of sp³-hybridized carbons (Fsp3) is 0.500. The minimum Gasteiger partial charge on any atom is -0.497 e. The van der Waals surface area contributed by atoms with Crippen molar-refractivity contribution in [3.63, 3.8) is 0 Å². The largest absolute Gasteiger partial charge is 0.497 e. The predicted molar refractivity (Wildman–Crippen MR) is 79.0 cm³/mol. The van der Waals surface area contributed by atoms with Crippen LogP contribution in [-0.2, 0) is 0 Å². The summed E-state index contributed by atoms with van der Waals surface area (Å²) in [7, 11) is 1.66. The van der Waals surface area contributed by atoms with Gasteiger partial charge in [-0.05, 0) is 30.5 Å². The second kappa shape index (κ2) is 7.63. The lowest BCUT2D eigenvalue weighted by molar-refractivity contribution is 0.414. The maximum Gasteiger partial charge on any atom is 0.206 e. The lowest BCUT2D eigenvalue weighted by atomic mass is 10.1. The average molecular weight is 264 g/mol. The van der Waals surface area contributed by atoms with Gasteiger partial charge >= 0.3 is 0 Å². The number of rotatable bonds is 5. The van der Waals surface area contributed by atoms with E-state index in [0.29, 0.717) is 11.9 Å². The number of aliphatic imine (C=N–C) groups is 1. The Morgan fingerprint density at radius 2 is 1.89 bits per heavy atom. The van der Waals surface area contributed by atoms with Gasteiger partial charge < -0.3 is 10.1 Å². The number of methoxy groups -OCH3 is 1. The van der Waals surface area contributed by atoms with Gasteiger partial charge in [0, 0.05) is 6.54 Å². The van der Waals surface area contributed by atoms with Crippen molar-refractivity contribution in [3.8, 4) is 5.75 Å². The number of ether oxygens (including phenoxy) is 1. The SMILES string of the molecule is COc1ccc(C(C)NC(=NCC(C)C)NN)cc1. The molecule has 1 aromatic rings. The third kappa shape index (κ3) is 5.18. The highest BCUT2D eigenvalue weighted by Gasteiger charge is 2.07. The highest BCUT2D eigenvalue weighted by molar-refractivity contribution is 5.79. The van der Waals surface area contributed by atoms with E-state index in [9.17, 15) is 0 Å². The Kier molecular flexibility index (Phi) is 6.15. The number of benzene rings is 1. The summed E-state index contributed by atoms with van der Waals surface area (Å²) < 4.78 is 5.14. The summed E-state index contributed by atoms with van der Waals surface area (Å²) >= 11 is 0. The second-order valence-corrected chi connectivity index (χ2v) is 4.87. The van der Waals surface area contributed by atoms with Gasteiger partial charge in [0.15, 0.2) is 0 Å². The maximum atomic E-state index is 5.47. The minimum atomic E-state index is 0.118. The number of nitrogens with one attached hydrogen (secondary N) is 2. The maximum absolute atomic E-state index is 5.47. The predicted octanol–water partition coefficient (Wildman–Crippen LogP) is 1.82. The first-order chi connectivity index (χ1) is 9.06. The molecule has 0 aliphatic carbocycles. The molecule has 19 heavy (non-hydrogen) atoms. The number of hydrogen-bond donors (Lipinski definition) is 3. The molecule has 0 spiro atoms. The third-order valence-electron chi connectivity index (χ3n) is 2.72. The Bertz CT molecular complexity index is 400. The van der Waals surface area contributed by atoms with Gasteiger partial charge in [0.25, 0.3) is 0 Å². The van der Waals surface area contributed by atoms with Crippen molar-refractivity contribution in [1.29, 1.82) is 0 Å². The normalized spacial score (nSPS) is 13.3. The Morgan fingerprint density at radius 3 is 2.37 bits per heavy atom. The van der Waals surface area contributed by atoms with E-state index in [1.807, 2.05) is 24.3 Å². The van der Waals surface area contributed by atoms with Crippen molar-refractivity contribution >= 4 is 5.96 Å². The van der Waals surface area contributed by atoms with Gasteiger partial charge in [-0.15, -0.1) is 0 Å². The zero-order chi connectivity index (χ0) is 14.3. The van der Waals surface area contributed by atoms with Crippen LogP contribution in [0.15, 0.2) is 29.3 Å². The van der Waals surface area contributed by atoms with E-state index in [1.54, 1.807) is 7.11 Å². The van der Waals surface area contributed by atoms with Gasteiger partial charge in [-0.1, -0.05) is 26.0 Å². The summed E-state index contributed by atoms with van der Waals surface area (Å²) in [5, 5.41) is 3.25. The van der Waals surface area contributed by atoms with Gasteiger partial charge in [-0.3, -0.25) is 10.4 Å². The van der Waals surface area contributed by atoms with E-state index in [0.717, 1.165) is 17.9 Å². The molecule has 0 amide bonds. The first kappa shape index (κ1) is 15.3. The van der Waals surface area contributed by atoms with E-state index < -0.39 is 0 Å². The van der Waals surface area contributed by atoms with Crippen LogP contribution in [0.4, 0.5) is 0 Å². The van der Waals surface area contributed by atoms with Gasteiger partial charge in [0.05, 0.1) is 13.2 Å². The molecule has 0 heterocycles. The lowest BCUT2D eigenvalue weighted by Gasteiger charge is -2.17. The molecule has 0 aliphatic heterocycles. The van der Waals surface area contributed by atoms with E-state index in [2.05, 4.69) is 36.5 Å². The number of nitrogens with zero attached hydrogens (tertiary/aromatic N) is 1. The molecule has 1 unspecified atom stereocenters. The van der Waals surface area contributed by atoms with Crippen molar-refractivity contribution in [2.45, 2.75) is 26.8 Å². The Balaban J connectivity index is 2.65. The third-order valence-corrected chi connectivity index (χ3v) is 2.72. The molecular weight excluding hydrogens is 240 g/mol. The molecule has 1 rings (SSSR count). The summed E-state index contributed by atoms with van der Waals surface area (Å²) in [6, 6.07) is 8.04. The van der Waals surface area contributed by atoms with Crippen LogP contribution >= 0.6 is 0 Å². The van der Waals surface area contributed by atoms with E-state index in [-0.39, 0.29) is 6.04 Å². The highest BCUT2D eigenvalue weighted by atomic mass is 16.5. The van der Waals surface area contributed by atoms with Crippen molar-refractivity contribution in [2.24, 2.45) is 16.8 Å². The zero-order valence-corrected chi connectivity index (χ0v) is 12.1. The molecule has 106 valence electrons. The molecular formula is C14H24N4O. The fourth-order valence-electron chi connectivity index (χ4n) is 1.59. The summed E-state index contributed by atoms with van der Waals surface area (Å²) in [4.78, 5) is 4.39. The zero-order valence-electron chi connectivity index (χ0n) is 12.1.